The zero-order valence-corrected chi connectivity index (χ0v) is 13.4. The average Bonchev–Trinajstić information content (AvgIpc) is 2.46. The molecule has 3 atom stereocenters. The van der Waals surface area contributed by atoms with E-state index in [-0.39, 0.29) is 23.8 Å². The molecule has 3 rings (SSSR count). The summed E-state index contributed by atoms with van der Waals surface area (Å²) in [4.78, 5) is 26.3. The Morgan fingerprint density at radius 1 is 1.00 bits per heavy atom. The van der Waals surface area contributed by atoms with Gasteiger partial charge in [0.1, 0.15) is 0 Å². The van der Waals surface area contributed by atoms with Gasteiger partial charge in [-0.25, -0.2) is 0 Å². The second-order valence-electron chi connectivity index (χ2n) is 7.55. The van der Waals surface area contributed by atoms with Crippen LogP contribution in [-0.4, -0.2) is 35.3 Å². The highest BCUT2D eigenvalue weighted by Gasteiger charge is 2.42. The molecule has 3 unspecified atom stereocenters. The lowest BCUT2D eigenvalue weighted by Gasteiger charge is -2.46. The van der Waals surface area contributed by atoms with Crippen LogP contribution in [0, 0.1) is 17.8 Å². The van der Waals surface area contributed by atoms with Crippen molar-refractivity contribution >= 4 is 11.8 Å². The number of fused-ring (bicyclic) bond motifs is 2. The summed E-state index contributed by atoms with van der Waals surface area (Å²) in [5.41, 5.74) is 11.7. The first-order chi connectivity index (χ1) is 10.6. The Balaban J connectivity index is 1.68. The van der Waals surface area contributed by atoms with Gasteiger partial charge in [-0.2, -0.15) is 0 Å². The first-order valence-corrected chi connectivity index (χ1v) is 8.90. The predicted molar refractivity (Wildman–Crippen MR) is 84.7 cm³/mol. The molecule has 3 fully saturated rings. The summed E-state index contributed by atoms with van der Waals surface area (Å²) in [5.74, 6) is 1.10. The number of nitrogens with two attached hydrogens (primary N) is 2. The van der Waals surface area contributed by atoms with Gasteiger partial charge in [0.25, 0.3) is 0 Å². The van der Waals surface area contributed by atoms with E-state index in [0.29, 0.717) is 24.3 Å². The minimum absolute atomic E-state index is 0.0224. The van der Waals surface area contributed by atoms with Gasteiger partial charge in [0.05, 0.1) is 0 Å². The highest BCUT2D eigenvalue weighted by Crippen LogP contribution is 2.42. The number of piperidine rings is 1. The third-order valence-electron chi connectivity index (χ3n) is 6.11. The van der Waals surface area contributed by atoms with E-state index < -0.39 is 0 Å². The average molecular weight is 307 g/mol. The molecule has 2 saturated carbocycles. The first kappa shape index (κ1) is 15.8. The molecule has 2 aliphatic carbocycles. The fraction of sp³-hybridized carbons (Fsp3) is 0.882. The Kier molecular flexibility index (Phi) is 4.71. The molecule has 5 heteroatoms. The molecule has 1 heterocycles. The lowest BCUT2D eigenvalue weighted by atomic mass is 9.64. The number of carbonyl (C=O) groups is 2. The van der Waals surface area contributed by atoms with Crippen LogP contribution in [-0.2, 0) is 9.59 Å². The van der Waals surface area contributed by atoms with E-state index in [1.54, 1.807) is 0 Å². The summed E-state index contributed by atoms with van der Waals surface area (Å²) < 4.78 is 0. The van der Waals surface area contributed by atoms with Crippen LogP contribution in [0.1, 0.15) is 57.8 Å². The highest BCUT2D eigenvalue weighted by atomic mass is 16.2. The quantitative estimate of drug-likeness (QED) is 0.826. The molecule has 0 aromatic carbocycles. The molecular formula is C17H29N3O2. The van der Waals surface area contributed by atoms with E-state index in [4.69, 9.17) is 11.5 Å². The summed E-state index contributed by atoms with van der Waals surface area (Å²) in [6.45, 7) is 0.786. The van der Waals surface area contributed by atoms with Crippen LogP contribution in [0.4, 0.5) is 0 Å². The summed E-state index contributed by atoms with van der Waals surface area (Å²) in [5, 5.41) is 0. The minimum Gasteiger partial charge on any atom is -0.370 e. The van der Waals surface area contributed by atoms with E-state index in [2.05, 4.69) is 0 Å². The number of amides is 2. The molecule has 2 amide bonds. The van der Waals surface area contributed by atoms with Crippen molar-refractivity contribution in [2.75, 3.05) is 6.54 Å². The molecule has 1 saturated heterocycles. The molecule has 0 aromatic heterocycles. The Hall–Kier alpha value is -1.10. The van der Waals surface area contributed by atoms with E-state index in [9.17, 15) is 9.59 Å². The largest absolute Gasteiger partial charge is 0.370 e. The van der Waals surface area contributed by atoms with Crippen molar-refractivity contribution in [1.29, 1.82) is 0 Å². The van der Waals surface area contributed by atoms with Crippen molar-refractivity contribution in [1.82, 2.24) is 4.90 Å². The molecule has 3 aliphatic rings. The minimum atomic E-state index is -0.299. The fourth-order valence-corrected chi connectivity index (χ4v) is 4.96. The number of rotatable bonds is 3. The third-order valence-corrected chi connectivity index (χ3v) is 6.11. The number of hydrogen-bond acceptors (Lipinski definition) is 3. The zero-order valence-electron chi connectivity index (χ0n) is 13.4. The predicted octanol–water partition coefficient (Wildman–Crippen LogP) is 1.40. The van der Waals surface area contributed by atoms with Gasteiger partial charge in [-0.3, -0.25) is 9.59 Å². The summed E-state index contributed by atoms with van der Waals surface area (Å²) in [6.07, 6.45) is 8.84. The van der Waals surface area contributed by atoms with Crippen LogP contribution >= 0.6 is 0 Å². The first-order valence-electron chi connectivity index (χ1n) is 8.90. The molecule has 4 N–H and O–H groups in total. The smallest absolute Gasteiger partial charge is 0.225 e. The third kappa shape index (κ3) is 3.14. The van der Waals surface area contributed by atoms with Crippen molar-refractivity contribution in [3.63, 3.8) is 0 Å². The Bertz CT molecular complexity index is 426. The van der Waals surface area contributed by atoms with Gasteiger partial charge in [0.15, 0.2) is 0 Å². The van der Waals surface area contributed by atoms with Gasteiger partial charge in [0, 0.05) is 31.0 Å². The topological polar surface area (TPSA) is 89.4 Å². The summed E-state index contributed by atoms with van der Waals surface area (Å²) in [7, 11) is 0. The molecule has 0 spiro atoms. The molecule has 0 radical (unpaired) electrons. The lowest BCUT2D eigenvalue weighted by molar-refractivity contribution is -0.143. The van der Waals surface area contributed by atoms with Gasteiger partial charge >= 0.3 is 0 Å². The number of primary amides is 1. The van der Waals surface area contributed by atoms with Crippen LogP contribution in [0.5, 0.6) is 0 Å². The summed E-state index contributed by atoms with van der Waals surface area (Å²) in [6, 6.07) is 0.315. The van der Waals surface area contributed by atoms with E-state index >= 15 is 0 Å². The van der Waals surface area contributed by atoms with Gasteiger partial charge in [-0.15, -0.1) is 0 Å². The van der Waals surface area contributed by atoms with Gasteiger partial charge in [-0.05, 0) is 56.8 Å². The van der Waals surface area contributed by atoms with Crippen LogP contribution in [0.2, 0.25) is 0 Å². The highest BCUT2D eigenvalue weighted by molar-refractivity contribution is 5.81. The van der Waals surface area contributed by atoms with Crippen LogP contribution in [0.25, 0.3) is 0 Å². The van der Waals surface area contributed by atoms with Crippen LogP contribution in [0.3, 0.4) is 0 Å². The maximum Gasteiger partial charge on any atom is 0.225 e. The van der Waals surface area contributed by atoms with E-state index in [1.807, 2.05) is 4.90 Å². The number of hydrogen-bond donors (Lipinski definition) is 2. The Labute approximate surface area is 132 Å². The standard InChI is InChI=1S/C17H29N3O2/c18-15(21)10-14-6-1-2-7-20(14)17(22)13-8-11-4-3-5-12(9-13)16(11)19/h11-14,16H,1-10,19H2,(H2,18,21). The van der Waals surface area contributed by atoms with Crippen molar-refractivity contribution in [2.24, 2.45) is 29.2 Å². The second kappa shape index (κ2) is 6.57. The number of carbonyl (C=O) groups excluding carboxylic acids is 2. The van der Waals surface area contributed by atoms with Gasteiger partial charge < -0.3 is 16.4 Å². The van der Waals surface area contributed by atoms with Crippen LogP contribution in [0.15, 0.2) is 0 Å². The molecule has 1 aliphatic heterocycles. The van der Waals surface area contributed by atoms with Crippen molar-refractivity contribution in [3.05, 3.63) is 0 Å². The molecule has 124 valence electrons. The van der Waals surface area contributed by atoms with Gasteiger partial charge in [-0.1, -0.05) is 6.42 Å². The number of likely N-dealkylation sites (tertiary alicyclic amines) is 1. The van der Waals surface area contributed by atoms with Crippen LogP contribution < -0.4 is 11.5 Å². The lowest BCUT2D eigenvalue weighted by Crippen LogP contribution is -2.52. The Morgan fingerprint density at radius 3 is 2.32 bits per heavy atom. The Morgan fingerprint density at radius 2 is 1.68 bits per heavy atom. The molecular weight excluding hydrogens is 278 g/mol. The van der Waals surface area contributed by atoms with E-state index in [1.165, 1.54) is 19.3 Å². The molecule has 2 bridgehead atoms. The molecule has 0 aromatic rings. The molecule has 5 nitrogen and oxygen atoms in total. The summed E-state index contributed by atoms with van der Waals surface area (Å²) >= 11 is 0. The van der Waals surface area contributed by atoms with Gasteiger partial charge in [0.2, 0.25) is 11.8 Å². The normalized spacial score (nSPS) is 38.6. The van der Waals surface area contributed by atoms with Crippen molar-refractivity contribution in [2.45, 2.75) is 69.9 Å². The van der Waals surface area contributed by atoms with E-state index in [0.717, 1.165) is 38.6 Å². The SMILES string of the molecule is NC(=O)CC1CCCCN1C(=O)C1CC2CCCC(C1)C2N. The number of nitrogens with zero attached hydrogens (tertiary/aromatic N) is 1. The second-order valence-corrected chi connectivity index (χ2v) is 7.55. The fourth-order valence-electron chi connectivity index (χ4n) is 4.96. The van der Waals surface area contributed by atoms with Crippen molar-refractivity contribution < 1.29 is 9.59 Å². The monoisotopic (exact) mass is 307 g/mol. The van der Waals surface area contributed by atoms with Crippen molar-refractivity contribution in [3.8, 4) is 0 Å². The maximum atomic E-state index is 13.0. The maximum absolute atomic E-state index is 13.0. The molecule has 22 heavy (non-hydrogen) atoms. The zero-order chi connectivity index (χ0) is 15.7.